The molecule has 1 saturated carbocycles. The Kier molecular flexibility index (Phi) is 4.38. The van der Waals surface area contributed by atoms with Gasteiger partial charge in [0, 0.05) is 25.2 Å². The quantitative estimate of drug-likeness (QED) is 0.833. The van der Waals surface area contributed by atoms with Gasteiger partial charge >= 0.3 is 0 Å². The largest absolute Gasteiger partial charge is 0.358 e. The minimum absolute atomic E-state index is 0.454. The number of thiocarbonyl (C=S) groups is 1. The lowest BCUT2D eigenvalue weighted by Gasteiger charge is -2.19. The maximum Gasteiger partial charge on any atom is 0.171 e. The first-order chi connectivity index (χ1) is 10.0. The van der Waals surface area contributed by atoms with E-state index in [4.69, 9.17) is 23.8 Å². The minimum atomic E-state index is 0.454. The summed E-state index contributed by atoms with van der Waals surface area (Å²) in [7, 11) is 0. The van der Waals surface area contributed by atoms with E-state index in [1.807, 2.05) is 19.9 Å². The predicted octanol–water partition coefficient (Wildman–Crippen LogP) is 3.48. The fourth-order valence-electron chi connectivity index (χ4n) is 3.09. The molecule has 2 N–H and O–H groups in total. The lowest BCUT2D eigenvalue weighted by Crippen LogP contribution is -2.40. The fraction of sp³-hybridized carbons (Fsp3) is 0.562. The van der Waals surface area contributed by atoms with Crippen molar-refractivity contribution in [2.24, 2.45) is 0 Å². The number of hydrogen-bond donors (Lipinski definition) is 2. The molecule has 1 heterocycles. The van der Waals surface area contributed by atoms with Crippen LogP contribution in [0.1, 0.15) is 30.4 Å². The van der Waals surface area contributed by atoms with Gasteiger partial charge in [0.25, 0.3) is 0 Å². The smallest absolute Gasteiger partial charge is 0.171 e. The molecule has 0 radical (unpaired) electrons. The van der Waals surface area contributed by atoms with E-state index in [1.54, 1.807) is 0 Å². The Hall–Kier alpha value is -0.840. The second kappa shape index (κ2) is 6.11. The van der Waals surface area contributed by atoms with Crippen LogP contribution in [0.3, 0.4) is 0 Å². The molecule has 1 aliphatic carbocycles. The van der Waals surface area contributed by atoms with Crippen LogP contribution >= 0.6 is 23.8 Å². The standard InChI is InChI=1S/C16H22ClN3S/c1-10-7-11(2)15(14(17)8-10)19-16(21)18-12-5-6-20(9-12)13-3-4-13/h7-8,12-13H,3-6,9H2,1-2H3,(H2,18,19,21). The number of nitrogens with zero attached hydrogens (tertiary/aromatic N) is 1. The fourth-order valence-corrected chi connectivity index (χ4v) is 3.72. The number of anilines is 1. The zero-order valence-corrected chi connectivity index (χ0v) is 14.2. The average Bonchev–Trinajstić information content (AvgIpc) is 3.15. The highest BCUT2D eigenvalue weighted by Crippen LogP contribution is 2.30. The molecule has 1 aromatic rings. The highest BCUT2D eigenvalue weighted by atomic mass is 35.5. The molecule has 2 fully saturated rings. The zero-order chi connectivity index (χ0) is 15.0. The molecule has 0 bridgehead atoms. The van der Waals surface area contributed by atoms with E-state index in [0.29, 0.717) is 11.2 Å². The Morgan fingerprint density at radius 2 is 2.05 bits per heavy atom. The van der Waals surface area contributed by atoms with Crippen molar-refractivity contribution >= 4 is 34.6 Å². The maximum absolute atomic E-state index is 6.31. The van der Waals surface area contributed by atoms with Gasteiger partial charge in [-0.3, -0.25) is 4.90 Å². The first-order valence-electron chi connectivity index (χ1n) is 7.61. The molecule has 1 aliphatic heterocycles. The molecule has 0 aromatic heterocycles. The van der Waals surface area contributed by atoms with Gasteiger partial charge in [-0.2, -0.15) is 0 Å². The van der Waals surface area contributed by atoms with Gasteiger partial charge in [-0.15, -0.1) is 0 Å². The van der Waals surface area contributed by atoms with E-state index in [-0.39, 0.29) is 0 Å². The summed E-state index contributed by atoms with van der Waals surface area (Å²) in [4.78, 5) is 2.57. The number of halogens is 1. The second-order valence-corrected chi connectivity index (χ2v) is 7.06. The number of nitrogens with one attached hydrogen (secondary N) is 2. The summed E-state index contributed by atoms with van der Waals surface area (Å²) in [5.41, 5.74) is 3.20. The molecule has 0 spiro atoms. The third kappa shape index (κ3) is 3.68. The number of hydrogen-bond acceptors (Lipinski definition) is 2. The Morgan fingerprint density at radius 1 is 1.29 bits per heavy atom. The van der Waals surface area contributed by atoms with E-state index < -0.39 is 0 Å². The summed E-state index contributed by atoms with van der Waals surface area (Å²) in [6, 6.07) is 5.37. The molecule has 114 valence electrons. The first-order valence-corrected chi connectivity index (χ1v) is 8.40. The Balaban J connectivity index is 1.57. The van der Waals surface area contributed by atoms with Gasteiger partial charge in [0.1, 0.15) is 0 Å². The van der Waals surface area contributed by atoms with E-state index >= 15 is 0 Å². The molecule has 0 amide bonds. The van der Waals surface area contributed by atoms with Gasteiger partial charge in [-0.25, -0.2) is 0 Å². The summed E-state index contributed by atoms with van der Waals surface area (Å²) in [6.07, 6.45) is 3.90. The van der Waals surface area contributed by atoms with Crippen LogP contribution in [0, 0.1) is 13.8 Å². The summed E-state index contributed by atoms with van der Waals surface area (Å²) >= 11 is 11.8. The van der Waals surface area contributed by atoms with E-state index in [2.05, 4.69) is 21.6 Å². The van der Waals surface area contributed by atoms with E-state index in [9.17, 15) is 0 Å². The third-order valence-electron chi connectivity index (χ3n) is 4.29. The molecule has 1 saturated heterocycles. The van der Waals surface area contributed by atoms with Crippen molar-refractivity contribution in [3.05, 3.63) is 28.3 Å². The topological polar surface area (TPSA) is 27.3 Å². The highest BCUT2D eigenvalue weighted by molar-refractivity contribution is 7.80. The number of rotatable bonds is 3. The molecular weight excluding hydrogens is 302 g/mol. The lowest BCUT2D eigenvalue weighted by molar-refractivity contribution is 0.322. The molecule has 3 nitrogen and oxygen atoms in total. The molecular formula is C16H22ClN3S. The summed E-state index contributed by atoms with van der Waals surface area (Å²) in [5.74, 6) is 0. The van der Waals surface area contributed by atoms with Gasteiger partial charge < -0.3 is 10.6 Å². The summed E-state index contributed by atoms with van der Waals surface area (Å²) in [5, 5.41) is 8.09. The summed E-state index contributed by atoms with van der Waals surface area (Å²) in [6.45, 7) is 6.39. The van der Waals surface area contributed by atoms with Crippen molar-refractivity contribution in [1.29, 1.82) is 0 Å². The van der Waals surface area contributed by atoms with Gasteiger partial charge in [-0.1, -0.05) is 17.7 Å². The van der Waals surface area contributed by atoms with Gasteiger partial charge in [-0.05, 0) is 62.5 Å². The van der Waals surface area contributed by atoms with Crippen LogP contribution in [0.25, 0.3) is 0 Å². The third-order valence-corrected chi connectivity index (χ3v) is 4.81. The monoisotopic (exact) mass is 323 g/mol. The summed E-state index contributed by atoms with van der Waals surface area (Å²) < 4.78 is 0. The zero-order valence-electron chi connectivity index (χ0n) is 12.6. The Bertz CT molecular complexity index is 533. The number of benzene rings is 1. The maximum atomic E-state index is 6.31. The van der Waals surface area contributed by atoms with Crippen LogP contribution in [-0.2, 0) is 0 Å². The van der Waals surface area contributed by atoms with Crippen LogP contribution in [0.5, 0.6) is 0 Å². The Morgan fingerprint density at radius 3 is 2.71 bits per heavy atom. The molecule has 5 heteroatoms. The SMILES string of the molecule is Cc1cc(C)c(NC(=S)NC2CCN(C3CC3)C2)c(Cl)c1. The Labute approximate surface area is 137 Å². The molecule has 1 aromatic carbocycles. The lowest BCUT2D eigenvalue weighted by atomic mass is 10.1. The molecule has 2 aliphatic rings. The van der Waals surface area contributed by atoms with Crippen LogP contribution in [0.2, 0.25) is 5.02 Å². The van der Waals surface area contributed by atoms with Gasteiger partial charge in [0.05, 0.1) is 10.7 Å². The first kappa shape index (κ1) is 15.1. The number of aryl methyl sites for hydroxylation is 2. The molecule has 1 unspecified atom stereocenters. The molecule has 21 heavy (non-hydrogen) atoms. The van der Waals surface area contributed by atoms with Crippen LogP contribution in [-0.4, -0.2) is 35.2 Å². The number of likely N-dealkylation sites (tertiary alicyclic amines) is 1. The van der Waals surface area contributed by atoms with Crippen molar-refractivity contribution in [2.45, 2.75) is 45.2 Å². The van der Waals surface area contributed by atoms with Crippen LogP contribution in [0.15, 0.2) is 12.1 Å². The molecule has 1 atom stereocenters. The van der Waals surface area contributed by atoms with E-state index in [1.165, 1.54) is 25.8 Å². The van der Waals surface area contributed by atoms with Crippen molar-refractivity contribution in [2.75, 3.05) is 18.4 Å². The normalized spacial score (nSPS) is 22.3. The van der Waals surface area contributed by atoms with Crippen LogP contribution in [0.4, 0.5) is 5.69 Å². The van der Waals surface area contributed by atoms with Gasteiger partial charge in [0.2, 0.25) is 0 Å². The minimum Gasteiger partial charge on any atom is -0.358 e. The van der Waals surface area contributed by atoms with Crippen molar-refractivity contribution in [3.8, 4) is 0 Å². The van der Waals surface area contributed by atoms with Crippen molar-refractivity contribution in [3.63, 3.8) is 0 Å². The van der Waals surface area contributed by atoms with Crippen molar-refractivity contribution in [1.82, 2.24) is 10.2 Å². The van der Waals surface area contributed by atoms with Crippen molar-refractivity contribution < 1.29 is 0 Å². The highest BCUT2D eigenvalue weighted by Gasteiger charge is 2.34. The van der Waals surface area contributed by atoms with Gasteiger partial charge in [0.15, 0.2) is 5.11 Å². The average molecular weight is 324 g/mol. The molecule has 3 rings (SSSR count). The second-order valence-electron chi connectivity index (χ2n) is 6.25. The van der Waals surface area contributed by atoms with Crippen LogP contribution < -0.4 is 10.6 Å². The van der Waals surface area contributed by atoms with E-state index in [0.717, 1.165) is 34.4 Å². The predicted molar refractivity (Wildman–Crippen MR) is 93.3 cm³/mol.